The summed E-state index contributed by atoms with van der Waals surface area (Å²) in [5.74, 6) is 0.837. The molecule has 1 aromatic carbocycles. The molecule has 1 aliphatic carbocycles. The molecule has 1 saturated heterocycles. The molecule has 0 N–H and O–H groups in total. The van der Waals surface area contributed by atoms with Crippen LogP contribution in [-0.4, -0.2) is 65.3 Å². The number of nitrogens with zero attached hydrogens (tertiary/aromatic N) is 4. The van der Waals surface area contributed by atoms with Gasteiger partial charge in [-0.15, -0.1) is 11.3 Å². The molecule has 7 heteroatoms. The highest BCUT2D eigenvalue weighted by Crippen LogP contribution is 2.40. The maximum absolute atomic E-state index is 13.5. The summed E-state index contributed by atoms with van der Waals surface area (Å²) in [6.07, 6.45) is 1.82. The monoisotopic (exact) mass is 422 g/mol. The van der Waals surface area contributed by atoms with E-state index in [1.165, 1.54) is 10.4 Å². The van der Waals surface area contributed by atoms with Crippen molar-refractivity contribution in [2.45, 2.75) is 19.8 Å². The second-order valence-corrected chi connectivity index (χ2v) is 8.77. The molecule has 3 heterocycles. The molecule has 0 atom stereocenters. The molecule has 0 saturated carbocycles. The Morgan fingerprint density at radius 2 is 2.00 bits per heavy atom. The number of hydrogen-bond acceptors (Lipinski definition) is 5. The molecule has 156 valence electrons. The van der Waals surface area contributed by atoms with E-state index in [-0.39, 0.29) is 5.91 Å². The van der Waals surface area contributed by atoms with Crippen molar-refractivity contribution in [1.29, 1.82) is 0 Å². The van der Waals surface area contributed by atoms with Gasteiger partial charge in [0, 0.05) is 48.2 Å². The van der Waals surface area contributed by atoms with E-state index >= 15 is 0 Å². The number of rotatable bonds is 4. The summed E-state index contributed by atoms with van der Waals surface area (Å²) in [5.41, 5.74) is 4.86. The van der Waals surface area contributed by atoms with Crippen LogP contribution in [0.5, 0.6) is 5.75 Å². The quantitative estimate of drug-likeness (QED) is 0.646. The topological polar surface area (TPSA) is 50.6 Å². The van der Waals surface area contributed by atoms with Crippen molar-refractivity contribution < 1.29 is 9.53 Å². The highest BCUT2D eigenvalue weighted by molar-refractivity contribution is 7.10. The van der Waals surface area contributed by atoms with Gasteiger partial charge in [-0.25, -0.2) is 4.68 Å². The maximum Gasteiger partial charge on any atom is 0.274 e. The van der Waals surface area contributed by atoms with Gasteiger partial charge in [0.2, 0.25) is 0 Å². The lowest BCUT2D eigenvalue weighted by Crippen LogP contribution is -2.48. The third kappa shape index (κ3) is 3.22. The van der Waals surface area contributed by atoms with Crippen LogP contribution in [0.2, 0.25) is 0 Å². The van der Waals surface area contributed by atoms with Crippen LogP contribution >= 0.6 is 11.3 Å². The lowest BCUT2D eigenvalue weighted by Gasteiger charge is -2.33. The fourth-order valence-electron chi connectivity index (χ4n) is 4.47. The van der Waals surface area contributed by atoms with Gasteiger partial charge < -0.3 is 14.5 Å². The Balaban J connectivity index is 1.59. The minimum absolute atomic E-state index is 0.0577. The van der Waals surface area contributed by atoms with Crippen LogP contribution in [0.1, 0.15) is 27.9 Å². The summed E-state index contributed by atoms with van der Waals surface area (Å²) in [7, 11) is 1.67. The minimum Gasteiger partial charge on any atom is -0.497 e. The van der Waals surface area contributed by atoms with Crippen molar-refractivity contribution >= 4 is 17.2 Å². The highest BCUT2D eigenvalue weighted by Gasteiger charge is 2.32. The maximum atomic E-state index is 13.5. The zero-order valence-corrected chi connectivity index (χ0v) is 18.2. The molecule has 1 fully saturated rings. The molecule has 30 heavy (non-hydrogen) atoms. The van der Waals surface area contributed by atoms with E-state index in [0.717, 1.165) is 68.3 Å². The number of thiophene rings is 1. The number of ether oxygens (including phenoxy) is 1. The summed E-state index contributed by atoms with van der Waals surface area (Å²) >= 11 is 1.78. The van der Waals surface area contributed by atoms with Gasteiger partial charge in [0.1, 0.15) is 5.75 Å². The molecule has 0 spiro atoms. The Labute approximate surface area is 180 Å². The zero-order chi connectivity index (χ0) is 20.7. The lowest BCUT2D eigenvalue weighted by atomic mass is 9.94. The molecule has 0 bridgehead atoms. The molecular formula is C23H26N4O2S. The minimum atomic E-state index is 0.0577. The Hall–Kier alpha value is -2.64. The zero-order valence-electron chi connectivity index (χ0n) is 17.4. The SMILES string of the molecule is CCN1CCN(C(=O)c2nn(-c3cccc(OC)c3)c3c2CCc2sccc2-3)CC1. The number of methoxy groups -OCH3 is 1. The number of likely N-dealkylation sites (N-methyl/N-ethyl adjacent to an activating group) is 1. The normalized spacial score (nSPS) is 16.3. The summed E-state index contributed by atoms with van der Waals surface area (Å²) in [6, 6.07) is 10.0. The van der Waals surface area contributed by atoms with Gasteiger partial charge in [-0.3, -0.25) is 4.79 Å². The van der Waals surface area contributed by atoms with E-state index in [1.54, 1.807) is 18.4 Å². The van der Waals surface area contributed by atoms with E-state index in [4.69, 9.17) is 9.84 Å². The van der Waals surface area contributed by atoms with E-state index in [9.17, 15) is 4.79 Å². The first kappa shape index (κ1) is 19.3. The number of fused-ring (bicyclic) bond motifs is 3. The van der Waals surface area contributed by atoms with Crippen molar-refractivity contribution in [2.75, 3.05) is 39.8 Å². The van der Waals surface area contributed by atoms with E-state index in [2.05, 4.69) is 23.3 Å². The Kier molecular flexibility index (Phi) is 5.08. The lowest BCUT2D eigenvalue weighted by molar-refractivity contribution is 0.0636. The van der Waals surface area contributed by atoms with Crippen molar-refractivity contribution in [3.63, 3.8) is 0 Å². The first-order chi connectivity index (χ1) is 14.7. The number of piperazine rings is 1. The first-order valence-corrected chi connectivity index (χ1v) is 11.4. The molecule has 0 radical (unpaired) electrons. The van der Waals surface area contributed by atoms with Crippen LogP contribution in [-0.2, 0) is 12.8 Å². The Morgan fingerprint density at radius 3 is 2.77 bits per heavy atom. The van der Waals surface area contributed by atoms with Gasteiger partial charge in [-0.05, 0) is 43.0 Å². The molecular weight excluding hydrogens is 396 g/mol. The molecule has 6 nitrogen and oxygen atoms in total. The van der Waals surface area contributed by atoms with Crippen LogP contribution in [0.15, 0.2) is 35.7 Å². The molecule has 1 aliphatic heterocycles. The molecule has 0 unspecified atom stereocenters. The van der Waals surface area contributed by atoms with Gasteiger partial charge in [-0.1, -0.05) is 13.0 Å². The number of benzene rings is 1. The number of aromatic nitrogens is 2. The first-order valence-electron chi connectivity index (χ1n) is 10.5. The van der Waals surface area contributed by atoms with Crippen molar-refractivity contribution in [2.24, 2.45) is 0 Å². The fourth-order valence-corrected chi connectivity index (χ4v) is 5.35. The number of amides is 1. The van der Waals surface area contributed by atoms with Gasteiger partial charge >= 0.3 is 0 Å². The van der Waals surface area contributed by atoms with Gasteiger partial charge in [-0.2, -0.15) is 5.10 Å². The number of carbonyl (C=O) groups is 1. The second kappa shape index (κ2) is 7.89. The van der Waals surface area contributed by atoms with Gasteiger partial charge in [0.25, 0.3) is 5.91 Å². The van der Waals surface area contributed by atoms with Crippen molar-refractivity contribution in [3.8, 4) is 22.7 Å². The van der Waals surface area contributed by atoms with E-state index < -0.39 is 0 Å². The molecule has 3 aromatic rings. The number of aryl methyl sites for hydroxylation is 1. The fraction of sp³-hybridized carbons (Fsp3) is 0.391. The van der Waals surface area contributed by atoms with E-state index in [1.807, 2.05) is 33.8 Å². The van der Waals surface area contributed by atoms with E-state index in [0.29, 0.717) is 5.69 Å². The largest absolute Gasteiger partial charge is 0.497 e. The summed E-state index contributed by atoms with van der Waals surface area (Å²) in [4.78, 5) is 19.2. The van der Waals surface area contributed by atoms with Crippen LogP contribution in [0.3, 0.4) is 0 Å². The smallest absolute Gasteiger partial charge is 0.274 e. The standard InChI is InChI=1S/C23H26N4O2S/c1-3-25-10-12-26(13-11-25)23(28)21-19-7-8-20-18(9-14-30-20)22(19)27(24-21)16-5-4-6-17(15-16)29-2/h4-6,9,14-15H,3,7-8,10-13H2,1-2H3. The Bertz CT molecular complexity index is 1080. The van der Waals surface area contributed by atoms with Crippen LogP contribution in [0, 0.1) is 0 Å². The molecule has 1 amide bonds. The third-order valence-corrected chi connectivity index (χ3v) is 7.17. The van der Waals surface area contributed by atoms with Gasteiger partial charge in [0.05, 0.1) is 18.5 Å². The van der Waals surface area contributed by atoms with Crippen molar-refractivity contribution in [3.05, 3.63) is 51.8 Å². The molecule has 2 aliphatic rings. The summed E-state index contributed by atoms with van der Waals surface area (Å²) < 4.78 is 7.37. The van der Waals surface area contributed by atoms with Crippen LogP contribution in [0.25, 0.3) is 16.9 Å². The predicted octanol–water partition coefficient (Wildman–Crippen LogP) is 3.49. The third-order valence-electron chi connectivity index (χ3n) is 6.19. The summed E-state index contributed by atoms with van der Waals surface area (Å²) in [6.45, 7) is 6.57. The van der Waals surface area contributed by atoms with Gasteiger partial charge in [0.15, 0.2) is 5.69 Å². The average molecular weight is 423 g/mol. The predicted molar refractivity (Wildman–Crippen MR) is 119 cm³/mol. The number of carbonyl (C=O) groups excluding carboxylic acids is 1. The molecule has 5 rings (SSSR count). The summed E-state index contributed by atoms with van der Waals surface area (Å²) in [5, 5.41) is 7.02. The highest BCUT2D eigenvalue weighted by atomic mass is 32.1. The average Bonchev–Trinajstić information content (AvgIpc) is 3.43. The van der Waals surface area contributed by atoms with Crippen LogP contribution < -0.4 is 4.74 Å². The molecule has 2 aromatic heterocycles. The van der Waals surface area contributed by atoms with Crippen LogP contribution in [0.4, 0.5) is 0 Å². The number of hydrogen-bond donors (Lipinski definition) is 0. The Morgan fingerprint density at radius 1 is 1.17 bits per heavy atom. The second-order valence-electron chi connectivity index (χ2n) is 7.77. The van der Waals surface area contributed by atoms with Crippen molar-refractivity contribution in [1.82, 2.24) is 19.6 Å².